The number of carbonyl (C=O) groups is 1. The molecular formula is C33H32F2N6O2. The van der Waals surface area contributed by atoms with E-state index in [1.807, 2.05) is 33.8 Å². The van der Waals surface area contributed by atoms with Crippen LogP contribution in [0.25, 0.3) is 28.0 Å². The van der Waals surface area contributed by atoms with Crippen molar-refractivity contribution >= 4 is 22.6 Å². The number of nitriles is 1. The SMILES string of the molecule is C=CC(=O)N1CCN(c2c(C#N)c(=O)n(-c3c(C(C)C)ccnc3C(C)C)c3nc(-c4ccccc4F)c(F)cc23)CC1. The molecule has 1 aromatic carbocycles. The maximum Gasteiger partial charge on any atom is 0.276 e. The van der Waals surface area contributed by atoms with Crippen molar-refractivity contribution in [3.8, 4) is 23.0 Å². The molecule has 8 nitrogen and oxygen atoms in total. The fraction of sp³-hybridized carbons (Fsp3) is 0.303. The maximum atomic E-state index is 15.9. The summed E-state index contributed by atoms with van der Waals surface area (Å²) in [6.45, 7) is 12.6. The quantitative estimate of drug-likeness (QED) is 0.272. The molecule has 43 heavy (non-hydrogen) atoms. The number of benzene rings is 1. The summed E-state index contributed by atoms with van der Waals surface area (Å²) in [4.78, 5) is 39.3. The molecule has 5 rings (SSSR count). The molecule has 1 saturated heterocycles. The van der Waals surface area contributed by atoms with Crippen molar-refractivity contribution in [2.75, 3.05) is 31.1 Å². The third-order valence-electron chi connectivity index (χ3n) is 7.78. The molecule has 10 heteroatoms. The molecule has 0 unspecified atom stereocenters. The molecule has 1 aliphatic heterocycles. The van der Waals surface area contributed by atoms with Crippen molar-refractivity contribution in [3.63, 3.8) is 0 Å². The van der Waals surface area contributed by atoms with E-state index < -0.39 is 17.2 Å². The van der Waals surface area contributed by atoms with Gasteiger partial charge in [0.25, 0.3) is 5.56 Å². The zero-order valence-electron chi connectivity index (χ0n) is 24.6. The molecule has 1 aliphatic rings. The molecular weight excluding hydrogens is 550 g/mol. The normalized spacial score (nSPS) is 13.6. The number of piperazine rings is 1. The Morgan fingerprint density at radius 2 is 1.72 bits per heavy atom. The van der Waals surface area contributed by atoms with Gasteiger partial charge >= 0.3 is 0 Å². The van der Waals surface area contributed by atoms with Crippen molar-refractivity contribution in [3.05, 3.63) is 94.1 Å². The van der Waals surface area contributed by atoms with Crippen LogP contribution in [0.5, 0.6) is 0 Å². The van der Waals surface area contributed by atoms with Gasteiger partial charge in [-0.05, 0) is 47.7 Å². The van der Waals surface area contributed by atoms with Gasteiger partial charge in [-0.15, -0.1) is 0 Å². The maximum absolute atomic E-state index is 15.9. The second-order valence-corrected chi connectivity index (χ2v) is 11.1. The predicted molar refractivity (Wildman–Crippen MR) is 162 cm³/mol. The fourth-order valence-electron chi connectivity index (χ4n) is 5.64. The van der Waals surface area contributed by atoms with E-state index in [0.717, 1.165) is 5.56 Å². The van der Waals surface area contributed by atoms with Gasteiger partial charge < -0.3 is 9.80 Å². The molecule has 0 atom stereocenters. The van der Waals surface area contributed by atoms with Gasteiger partial charge in [-0.25, -0.2) is 13.8 Å². The molecule has 220 valence electrons. The van der Waals surface area contributed by atoms with Gasteiger partial charge in [-0.3, -0.25) is 19.1 Å². The monoisotopic (exact) mass is 582 g/mol. The number of pyridine rings is 3. The standard InChI is InChI=1S/C33H32F2N6O2/c1-6-27(42)39-13-15-40(16-14-39)30-23-17-26(35)29(22-9-7-8-10-25(22)34)38-32(23)41(33(43)24(30)18-36)31-21(19(2)3)11-12-37-28(31)20(4)5/h6-12,17,19-20H,1,13-16H2,2-5H3. The molecule has 1 fully saturated rings. The van der Waals surface area contributed by atoms with Gasteiger partial charge in [0.15, 0.2) is 5.65 Å². The molecule has 1 amide bonds. The van der Waals surface area contributed by atoms with Crippen LogP contribution in [0.4, 0.5) is 14.5 Å². The third kappa shape index (κ3) is 5.16. The highest BCUT2D eigenvalue weighted by atomic mass is 19.1. The molecule has 0 N–H and O–H groups in total. The summed E-state index contributed by atoms with van der Waals surface area (Å²) in [7, 11) is 0. The molecule has 0 aliphatic carbocycles. The first-order valence-corrected chi connectivity index (χ1v) is 14.2. The number of halogens is 2. The van der Waals surface area contributed by atoms with E-state index in [-0.39, 0.29) is 51.3 Å². The highest BCUT2D eigenvalue weighted by Gasteiger charge is 2.30. The molecule has 4 heterocycles. The van der Waals surface area contributed by atoms with E-state index in [0.29, 0.717) is 37.6 Å². The van der Waals surface area contributed by atoms with Crippen LogP contribution in [0.2, 0.25) is 0 Å². The number of hydrogen-bond donors (Lipinski definition) is 0. The van der Waals surface area contributed by atoms with Crippen LogP contribution in [-0.2, 0) is 4.79 Å². The van der Waals surface area contributed by atoms with Gasteiger partial charge in [-0.1, -0.05) is 46.4 Å². The van der Waals surface area contributed by atoms with Gasteiger partial charge in [0.1, 0.15) is 29.0 Å². The van der Waals surface area contributed by atoms with Crippen LogP contribution in [0.1, 0.15) is 56.4 Å². The van der Waals surface area contributed by atoms with Crippen molar-refractivity contribution in [1.29, 1.82) is 5.26 Å². The number of rotatable bonds is 6. The van der Waals surface area contributed by atoms with Crippen molar-refractivity contribution < 1.29 is 13.6 Å². The molecule has 0 spiro atoms. The van der Waals surface area contributed by atoms with Crippen LogP contribution < -0.4 is 10.5 Å². The minimum absolute atomic E-state index is 0.0374. The highest BCUT2D eigenvalue weighted by Crippen LogP contribution is 2.37. The molecule has 3 aromatic heterocycles. The Morgan fingerprint density at radius 3 is 2.33 bits per heavy atom. The zero-order valence-corrected chi connectivity index (χ0v) is 24.6. The minimum Gasteiger partial charge on any atom is -0.366 e. The van der Waals surface area contributed by atoms with Crippen LogP contribution in [0.3, 0.4) is 0 Å². The van der Waals surface area contributed by atoms with Gasteiger partial charge in [0, 0.05) is 43.3 Å². The Morgan fingerprint density at radius 1 is 1.02 bits per heavy atom. The number of hydrogen-bond acceptors (Lipinski definition) is 6. The van der Waals surface area contributed by atoms with E-state index in [9.17, 15) is 19.2 Å². The summed E-state index contributed by atoms with van der Waals surface area (Å²) in [5.74, 6) is -1.83. The van der Waals surface area contributed by atoms with Crippen LogP contribution in [0.15, 0.2) is 60.0 Å². The number of fused-ring (bicyclic) bond motifs is 1. The van der Waals surface area contributed by atoms with Crippen LogP contribution >= 0.6 is 0 Å². The summed E-state index contributed by atoms with van der Waals surface area (Å²) in [5.41, 5.74) is 1.09. The summed E-state index contributed by atoms with van der Waals surface area (Å²) in [6, 6.07) is 10.9. The first kappa shape index (κ1) is 29.6. The predicted octanol–water partition coefficient (Wildman–Crippen LogP) is 5.68. The van der Waals surface area contributed by atoms with E-state index in [1.165, 1.54) is 34.9 Å². The summed E-state index contributed by atoms with van der Waals surface area (Å²) in [5, 5.41) is 10.6. The average molecular weight is 583 g/mol. The Hall–Kier alpha value is -4.91. The lowest BCUT2D eigenvalue weighted by Gasteiger charge is -2.36. The number of carbonyl (C=O) groups excluding carboxylic acids is 1. The lowest BCUT2D eigenvalue weighted by molar-refractivity contribution is -0.126. The molecule has 0 saturated carbocycles. The average Bonchev–Trinajstić information content (AvgIpc) is 3.00. The van der Waals surface area contributed by atoms with Crippen LogP contribution in [-0.4, -0.2) is 51.5 Å². The first-order valence-electron chi connectivity index (χ1n) is 14.2. The van der Waals surface area contributed by atoms with Gasteiger partial charge in [0.05, 0.1) is 17.1 Å². The molecule has 0 radical (unpaired) electrons. The largest absolute Gasteiger partial charge is 0.366 e. The Bertz CT molecular complexity index is 1820. The first-order chi connectivity index (χ1) is 20.6. The van der Waals surface area contributed by atoms with Crippen molar-refractivity contribution in [2.45, 2.75) is 39.5 Å². The highest BCUT2D eigenvalue weighted by molar-refractivity contribution is 5.95. The van der Waals surface area contributed by atoms with Gasteiger partial charge in [-0.2, -0.15) is 5.26 Å². The lowest BCUT2D eigenvalue weighted by atomic mass is 9.96. The summed E-state index contributed by atoms with van der Waals surface area (Å²) >= 11 is 0. The fourth-order valence-corrected chi connectivity index (χ4v) is 5.64. The second-order valence-electron chi connectivity index (χ2n) is 11.1. The number of anilines is 1. The van der Waals surface area contributed by atoms with E-state index in [4.69, 9.17) is 0 Å². The number of amides is 1. The van der Waals surface area contributed by atoms with E-state index in [2.05, 4.69) is 22.6 Å². The Kier molecular flexibility index (Phi) is 8.09. The lowest BCUT2D eigenvalue weighted by Crippen LogP contribution is -2.49. The van der Waals surface area contributed by atoms with Crippen molar-refractivity contribution in [1.82, 2.24) is 19.4 Å². The molecule has 0 bridgehead atoms. The summed E-state index contributed by atoms with van der Waals surface area (Å²) < 4.78 is 32.2. The number of aromatic nitrogens is 3. The Labute approximate surface area is 248 Å². The zero-order chi connectivity index (χ0) is 31.0. The van der Waals surface area contributed by atoms with Crippen molar-refractivity contribution in [2.24, 2.45) is 0 Å². The van der Waals surface area contributed by atoms with E-state index in [1.54, 1.807) is 22.1 Å². The smallest absolute Gasteiger partial charge is 0.276 e. The van der Waals surface area contributed by atoms with E-state index >= 15 is 4.39 Å². The minimum atomic E-state index is -0.798. The van der Waals surface area contributed by atoms with Gasteiger partial charge in [0.2, 0.25) is 5.91 Å². The second kappa shape index (κ2) is 11.8. The topological polar surface area (TPSA) is 95.1 Å². The summed E-state index contributed by atoms with van der Waals surface area (Å²) in [6.07, 6.45) is 2.92. The Balaban J connectivity index is 1.91. The third-order valence-corrected chi connectivity index (χ3v) is 7.78. The molecule has 4 aromatic rings. The number of nitrogens with zero attached hydrogens (tertiary/aromatic N) is 6. The van der Waals surface area contributed by atoms with Crippen LogP contribution in [0, 0.1) is 23.0 Å².